The molecule has 7 heteroatoms. The molecule has 0 saturated carbocycles. The number of amides is 2. The van der Waals surface area contributed by atoms with Gasteiger partial charge in [-0.25, -0.2) is 8.78 Å². The van der Waals surface area contributed by atoms with Crippen molar-refractivity contribution >= 4 is 11.8 Å². The maximum Gasteiger partial charge on any atom is 0.261 e. The van der Waals surface area contributed by atoms with Gasteiger partial charge >= 0.3 is 0 Å². The third-order valence-corrected chi connectivity index (χ3v) is 3.54. The van der Waals surface area contributed by atoms with Gasteiger partial charge < -0.3 is 14.5 Å². The summed E-state index contributed by atoms with van der Waals surface area (Å²) < 4.78 is 31.3. The van der Waals surface area contributed by atoms with Crippen LogP contribution in [0.25, 0.3) is 0 Å². The van der Waals surface area contributed by atoms with Crippen molar-refractivity contribution < 1.29 is 23.1 Å². The highest BCUT2D eigenvalue weighted by atomic mass is 19.1. The predicted octanol–water partition coefficient (Wildman–Crippen LogP) is 1.42. The highest BCUT2D eigenvalue weighted by Crippen LogP contribution is 2.21. The van der Waals surface area contributed by atoms with E-state index in [1.165, 1.54) is 9.80 Å². The molecule has 1 aromatic rings. The van der Waals surface area contributed by atoms with Crippen molar-refractivity contribution in [3.8, 4) is 5.75 Å². The van der Waals surface area contributed by atoms with Gasteiger partial charge in [-0.2, -0.15) is 0 Å². The number of carbonyl (C=O) groups is 2. The standard InChI is InChI=1S/C15H18F2N2O3/c1-18(2)15(21)12-4-3-7-19(12)14(20)9-22-13-6-5-10(16)8-11(13)17/h5-6,8,12H,3-4,7,9H2,1-2H3. The normalized spacial score (nSPS) is 17.5. The number of benzene rings is 1. The number of nitrogens with zero attached hydrogens (tertiary/aromatic N) is 2. The molecule has 1 aliphatic heterocycles. The molecule has 5 nitrogen and oxygen atoms in total. The third-order valence-electron chi connectivity index (χ3n) is 3.54. The van der Waals surface area contributed by atoms with Crippen LogP contribution < -0.4 is 4.74 Å². The van der Waals surface area contributed by atoms with Crippen LogP contribution in [-0.4, -0.2) is 54.9 Å². The highest BCUT2D eigenvalue weighted by Gasteiger charge is 2.34. The molecule has 0 N–H and O–H groups in total. The SMILES string of the molecule is CN(C)C(=O)C1CCCN1C(=O)COc1ccc(F)cc1F. The van der Waals surface area contributed by atoms with Crippen molar-refractivity contribution in [2.45, 2.75) is 18.9 Å². The first kappa shape index (κ1) is 16.2. The van der Waals surface area contributed by atoms with Gasteiger partial charge in [0.2, 0.25) is 5.91 Å². The first-order chi connectivity index (χ1) is 10.4. The fraction of sp³-hybridized carbons (Fsp3) is 0.467. The number of hydrogen-bond donors (Lipinski definition) is 0. The molecule has 120 valence electrons. The lowest BCUT2D eigenvalue weighted by molar-refractivity contribution is -0.143. The minimum absolute atomic E-state index is 0.140. The summed E-state index contributed by atoms with van der Waals surface area (Å²) in [5.74, 6) is -2.30. The van der Waals surface area contributed by atoms with Gasteiger partial charge in [0.1, 0.15) is 11.9 Å². The van der Waals surface area contributed by atoms with E-state index in [-0.39, 0.29) is 24.2 Å². The van der Waals surface area contributed by atoms with Crippen LogP contribution in [0.15, 0.2) is 18.2 Å². The maximum absolute atomic E-state index is 13.4. The van der Waals surface area contributed by atoms with Crippen molar-refractivity contribution in [3.05, 3.63) is 29.8 Å². The van der Waals surface area contributed by atoms with Crippen LogP contribution in [0.5, 0.6) is 5.75 Å². The van der Waals surface area contributed by atoms with E-state index < -0.39 is 17.7 Å². The Morgan fingerprint density at radius 1 is 1.36 bits per heavy atom. The van der Waals surface area contributed by atoms with E-state index in [2.05, 4.69) is 0 Å². The Kier molecular flexibility index (Phi) is 4.95. The molecule has 0 bridgehead atoms. The van der Waals surface area contributed by atoms with Gasteiger partial charge in [-0.15, -0.1) is 0 Å². The molecule has 1 fully saturated rings. The second kappa shape index (κ2) is 6.72. The monoisotopic (exact) mass is 312 g/mol. The summed E-state index contributed by atoms with van der Waals surface area (Å²) in [4.78, 5) is 27.1. The number of ether oxygens (including phenoxy) is 1. The van der Waals surface area contributed by atoms with Crippen LogP contribution in [0, 0.1) is 11.6 Å². The largest absolute Gasteiger partial charge is 0.481 e. The Hall–Kier alpha value is -2.18. The molecule has 1 aliphatic rings. The van der Waals surface area contributed by atoms with Crippen LogP contribution in [0.3, 0.4) is 0 Å². The first-order valence-corrected chi connectivity index (χ1v) is 6.98. The van der Waals surface area contributed by atoms with Crippen LogP contribution in [-0.2, 0) is 9.59 Å². The summed E-state index contributed by atoms with van der Waals surface area (Å²) in [6.45, 7) is 0.0814. The molecular weight excluding hydrogens is 294 g/mol. The average molecular weight is 312 g/mol. The number of carbonyl (C=O) groups excluding carboxylic acids is 2. The molecule has 1 atom stereocenters. The predicted molar refractivity (Wildman–Crippen MR) is 75.3 cm³/mol. The van der Waals surface area contributed by atoms with Crippen LogP contribution in [0.4, 0.5) is 8.78 Å². The Labute approximate surface area is 127 Å². The minimum Gasteiger partial charge on any atom is -0.481 e. The van der Waals surface area contributed by atoms with Crippen LogP contribution >= 0.6 is 0 Å². The van der Waals surface area contributed by atoms with E-state index in [0.29, 0.717) is 19.0 Å². The molecule has 1 unspecified atom stereocenters. The van der Waals surface area contributed by atoms with Crippen molar-refractivity contribution in [3.63, 3.8) is 0 Å². The second-order valence-corrected chi connectivity index (χ2v) is 5.34. The summed E-state index contributed by atoms with van der Waals surface area (Å²) in [5, 5.41) is 0. The Bertz CT molecular complexity index is 578. The smallest absolute Gasteiger partial charge is 0.261 e. The lowest BCUT2D eigenvalue weighted by atomic mass is 10.2. The molecule has 2 amide bonds. The van der Waals surface area contributed by atoms with E-state index in [0.717, 1.165) is 18.6 Å². The van der Waals surface area contributed by atoms with E-state index in [1.807, 2.05) is 0 Å². The highest BCUT2D eigenvalue weighted by molar-refractivity contribution is 5.88. The van der Waals surface area contributed by atoms with Gasteiger partial charge in [0.05, 0.1) is 0 Å². The molecular formula is C15H18F2N2O3. The second-order valence-electron chi connectivity index (χ2n) is 5.34. The molecule has 0 radical (unpaired) electrons. The fourth-order valence-electron chi connectivity index (χ4n) is 2.43. The molecule has 0 aliphatic carbocycles. The summed E-state index contributed by atoms with van der Waals surface area (Å²) >= 11 is 0. The summed E-state index contributed by atoms with van der Waals surface area (Å²) in [6, 6.07) is 2.37. The zero-order valence-electron chi connectivity index (χ0n) is 12.5. The number of hydrogen-bond acceptors (Lipinski definition) is 3. The molecule has 2 rings (SSSR count). The maximum atomic E-state index is 13.4. The van der Waals surface area contributed by atoms with E-state index in [9.17, 15) is 18.4 Å². The zero-order valence-corrected chi connectivity index (χ0v) is 12.5. The average Bonchev–Trinajstić information content (AvgIpc) is 2.94. The van der Waals surface area contributed by atoms with Gasteiger partial charge in [0.25, 0.3) is 5.91 Å². The van der Waals surface area contributed by atoms with E-state index >= 15 is 0 Å². The number of likely N-dealkylation sites (N-methyl/N-ethyl adjacent to an activating group) is 1. The lowest BCUT2D eigenvalue weighted by Gasteiger charge is -2.26. The number of rotatable bonds is 4. The quantitative estimate of drug-likeness (QED) is 0.845. The van der Waals surface area contributed by atoms with Gasteiger partial charge in [0, 0.05) is 26.7 Å². The van der Waals surface area contributed by atoms with Gasteiger partial charge in [-0.3, -0.25) is 9.59 Å². The van der Waals surface area contributed by atoms with Crippen molar-refractivity contribution in [2.75, 3.05) is 27.2 Å². The molecule has 1 aromatic carbocycles. The third kappa shape index (κ3) is 3.52. The molecule has 0 spiro atoms. The number of halogens is 2. The Balaban J connectivity index is 1.98. The zero-order chi connectivity index (χ0) is 16.3. The molecule has 1 saturated heterocycles. The first-order valence-electron chi connectivity index (χ1n) is 6.98. The lowest BCUT2D eigenvalue weighted by Crippen LogP contribution is -2.47. The number of likely N-dealkylation sites (tertiary alicyclic amines) is 1. The fourth-order valence-corrected chi connectivity index (χ4v) is 2.43. The Morgan fingerprint density at radius 3 is 2.73 bits per heavy atom. The van der Waals surface area contributed by atoms with E-state index in [4.69, 9.17) is 4.74 Å². The van der Waals surface area contributed by atoms with Gasteiger partial charge in [-0.1, -0.05) is 0 Å². The van der Waals surface area contributed by atoms with Gasteiger partial charge in [-0.05, 0) is 25.0 Å². The van der Waals surface area contributed by atoms with Crippen molar-refractivity contribution in [1.82, 2.24) is 9.80 Å². The Morgan fingerprint density at radius 2 is 2.09 bits per heavy atom. The minimum atomic E-state index is -0.866. The summed E-state index contributed by atoms with van der Waals surface area (Å²) in [5.41, 5.74) is 0. The molecule has 22 heavy (non-hydrogen) atoms. The van der Waals surface area contributed by atoms with E-state index in [1.54, 1.807) is 14.1 Å². The molecule has 1 heterocycles. The summed E-state index contributed by atoms with van der Waals surface area (Å²) in [7, 11) is 3.27. The van der Waals surface area contributed by atoms with Gasteiger partial charge in [0.15, 0.2) is 18.2 Å². The van der Waals surface area contributed by atoms with Crippen LogP contribution in [0.2, 0.25) is 0 Å². The van der Waals surface area contributed by atoms with Crippen molar-refractivity contribution in [1.29, 1.82) is 0 Å². The summed E-state index contributed by atoms with van der Waals surface area (Å²) in [6.07, 6.45) is 1.34. The van der Waals surface area contributed by atoms with Crippen LogP contribution in [0.1, 0.15) is 12.8 Å². The molecule has 0 aromatic heterocycles. The van der Waals surface area contributed by atoms with Crippen molar-refractivity contribution in [2.24, 2.45) is 0 Å². The topological polar surface area (TPSA) is 49.9 Å².